The number of hydrogen-bond donors (Lipinski definition) is 1. The van der Waals surface area contributed by atoms with Gasteiger partial charge in [0, 0.05) is 16.1 Å². The van der Waals surface area contributed by atoms with Crippen molar-refractivity contribution in [2.24, 2.45) is 10.9 Å². The summed E-state index contributed by atoms with van der Waals surface area (Å²) >= 11 is 5.83. The van der Waals surface area contributed by atoms with Gasteiger partial charge in [-0.3, -0.25) is 0 Å². The molecule has 2 nitrogen and oxygen atoms in total. The van der Waals surface area contributed by atoms with Gasteiger partial charge >= 0.3 is 0 Å². The predicted molar refractivity (Wildman–Crippen MR) is 67.7 cm³/mol. The lowest BCUT2D eigenvalue weighted by Crippen LogP contribution is -2.05. The minimum atomic E-state index is 0.702. The molecule has 0 saturated carbocycles. The third-order valence-electron chi connectivity index (χ3n) is 2.29. The van der Waals surface area contributed by atoms with Gasteiger partial charge in [0.05, 0.1) is 5.71 Å². The molecule has 3 heteroatoms. The molecular weight excluding hydrogens is 220 g/mol. The van der Waals surface area contributed by atoms with Crippen LogP contribution in [0, 0.1) is 0 Å². The van der Waals surface area contributed by atoms with Gasteiger partial charge in [0.2, 0.25) is 0 Å². The van der Waals surface area contributed by atoms with Crippen LogP contribution in [0.15, 0.2) is 59.7 Å². The van der Waals surface area contributed by atoms with Crippen LogP contribution >= 0.6 is 11.6 Å². The molecule has 0 unspecified atom stereocenters. The highest BCUT2D eigenvalue weighted by molar-refractivity contribution is 6.30. The van der Waals surface area contributed by atoms with Crippen molar-refractivity contribution < 1.29 is 0 Å². The SMILES string of the molecule is N/N=C(\c1ccccc1)c1ccc(Cl)cc1. The second-order valence-corrected chi connectivity index (χ2v) is 3.79. The van der Waals surface area contributed by atoms with Crippen LogP contribution in [0.1, 0.15) is 11.1 Å². The van der Waals surface area contributed by atoms with Crippen LogP contribution in [0.25, 0.3) is 0 Å². The van der Waals surface area contributed by atoms with E-state index in [2.05, 4.69) is 5.10 Å². The van der Waals surface area contributed by atoms with Gasteiger partial charge in [0.25, 0.3) is 0 Å². The van der Waals surface area contributed by atoms with Crippen LogP contribution in [-0.4, -0.2) is 5.71 Å². The third kappa shape index (κ3) is 2.23. The summed E-state index contributed by atoms with van der Waals surface area (Å²) in [6, 6.07) is 17.3. The average molecular weight is 231 g/mol. The molecule has 0 aromatic heterocycles. The van der Waals surface area contributed by atoms with E-state index in [0.29, 0.717) is 5.02 Å². The maximum Gasteiger partial charge on any atom is 0.0971 e. The normalized spacial score (nSPS) is 11.4. The van der Waals surface area contributed by atoms with Gasteiger partial charge in [-0.2, -0.15) is 5.10 Å². The standard InChI is InChI=1S/C13H11ClN2/c14-12-8-6-11(7-9-12)13(16-15)10-4-2-1-3-5-10/h1-9H,15H2/b16-13+. The van der Waals surface area contributed by atoms with Crippen LogP contribution < -0.4 is 5.84 Å². The molecule has 0 radical (unpaired) electrons. The molecule has 0 heterocycles. The van der Waals surface area contributed by atoms with E-state index in [9.17, 15) is 0 Å². The number of rotatable bonds is 2. The molecule has 0 aliphatic carbocycles. The monoisotopic (exact) mass is 230 g/mol. The average Bonchev–Trinajstić information content (AvgIpc) is 2.34. The Bertz CT molecular complexity index is 489. The van der Waals surface area contributed by atoms with Gasteiger partial charge in [-0.15, -0.1) is 0 Å². The van der Waals surface area contributed by atoms with Gasteiger partial charge in [0.15, 0.2) is 0 Å². The highest BCUT2D eigenvalue weighted by Crippen LogP contribution is 2.14. The van der Waals surface area contributed by atoms with E-state index in [1.54, 1.807) is 0 Å². The molecule has 2 aromatic rings. The van der Waals surface area contributed by atoms with Crippen LogP contribution in [0.4, 0.5) is 0 Å². The molecule has 2 rings (SSSR count). The first kappa shape index (κ1) is 10.7. The summed E-state index contributed by atoms with van der Waals surface area (Å²) in [6.07, 6.45) is 0. The molecule has 0 bridgehead atoms. The first-order chi connectivity index (χ1) is 7.81. The van der Waals surface area contributed by atoms with E-state index in [1.807, 2.05) is 54.6 Å². The Morgan fingerprint density at radius 3 is 2.00 bits per heavy atom. The smallest absolute Gasteiger partial charge is 0.0971 e. The molecule has 0 aliphatic rings. The number of nitrogens with zero attached hydrogens (tertiary/aromatic N) is 1. The van der Waals surface area contributed by atoms with Crippen LogP contribution in [0.5, 0.6) is 0 Å². The molecule has 0 aliphatic heterocycles. The zero-order chi connectivity index (χ0) is 11.4. The van der Waals surface area contributed by atoms with Gasteiger partial charge in [-0.05, 0) is 12.1 Å². The highest BCUT2D eigenvalue weighted by atomic mass is 35.5. The van der Waals surface area contributed by atoms with Crippen molar-refractivity contribution in [1.29, 1.82) is 0 Å². The summed E-state index contributed by atoms with van der Waals surface area (Å²) in [6.45, 7) is 0. The van der Waals surface area contributed by atoms with Crippen molar-refractivity contribution in [2.45, 2.75) is 0 Å². The van der Waals surface area contributed by atoms with E-state index in [0.717, 1.165) is 16.8 Å². The molecule has 0 saturated heterocycles. The quantitative estimate of drug-likeness (QED) is 0.481. The van der Waals surface area contributed by atoms with Crippen molar-refractivity contribution >= 4 is 17.3 Å². The topological polar surface area (TPSA) is 38.4 Å². The van der Waals surface area contributed by atoms with Crippen LogP contribution in [0.3, 0.4) is 0 Å². The Kier molecular flexibility index (Phi) is 3.22. The van der Waals surface area contributed by atoms with Crippen LogP contribution in [0.2, 0.25) is 5.02 Å². The highest BCUT2D eigenvalue weighted by Gasteiger charge is 2.05. The Morgan fingerprint density at radius 1 is 0.875 bits per heavy atom. The van der Waals surface area contributed by atoms with Crippen molar-refractivity contribution in [1.82, 2.24) is 0 Å². The molecule has 0 spiro atoms. The van der Waals surface area contributed by atoms with Gasteiger partial charge in [-0.25, -0.2) is 0 Å². The van der Waals surface area contributed by atoms with E-state index in [-0.39, 0.29) is 0 Å². The van der Waals surface area contributed by atoms with Crippen molar-refractivity contribution in [3.63, 3.8) is 0 Å². The van der Waals surface area contributed by atoms with E-state index in [1.165, 1.54) is 0 Å². The lowest BCUT2D eigenvalue weighted by Gasteiger charge is -2.05. The number of hydrazone groups is 1. The summed E-state index contributed by atoms with van der Waals surface area (Å²) in [5.41, 5.74) is 2.71. The maximum atomic E-state index is 5.83. The third-order valence-corrected chi connectivity index (χ3v) is 2.55. The fraction of sp³-hybridized carbons (Fsp3) is 0. The Hall–Kier alpha value is -1.80. The fourth-order valence-corrected chi connectivity index (χ4v) is 1.65. The van der Waals surface area contributed by atoms with Crippen LogP contribution in [-0.2, 0) is 0 Å². The zero-order valence-corrected chi connectivity index (χ0v) is 9.35. The molecular formula is C13H11ClN2. The molecule has 2 aromatic carbocycles. The molecule has 0 atom stereocenters. The second kappa shape index (κ2) is 4.81. The fourth-order valence-electron chi connectivity index (χ4n) is 1.52. The Labute approximate surface area is 99.4 Å². The van der Waals surface area contributed by atoms with Gasteiger partial charge in [0.1, 0.15) is 0 Å². The predicted octanol–water partition coefficient (Wildman–Crippen LogP) is 3.05. The zero-order valence-electron chi connectivity index (χ0n) is 8.60. The lowest BCUT2D eigenvalue weighted by atomic mass is 10.0. The van der Waals surface area contributed by atoms with E-state index >= 15 is 0 Å². The van der Waals surface area contributed by atoms with E-state index < -0.39 is 0 Å². The molecule has 2 N–H and O–H groups in total. The minimum absolute atomic E-state index is 0.702. The Morgan fingerprint density at radius 2 is 1.44 bits per heavy atom. The van der Waals surface area contributed by atoms with Crippen molar-refractivity contribution in [2.75, 3.05) is 0 Å². The number of nitrogens with two attached hydrogens (primary N) is 1. The first-order valence-electron chi connectivity index (χ1n) is 4.90. The summed E-state index contributed by atoms with van der Waals surface area (Å²) in [4.78, 5) is 0. The maximum absolute atomic E-state index is 5.83. The summed E-state index contributed by atoms with van der Waals surface area (Å²) < 4.78 is 0. The number of halogens is 1. The van der Waals surface area contributed by atoms with Gasteiger partial charge < -0.3 is 5.84 Å². The Balaban J connectivity index is 2.42. The number of hydrogen-bond acceptors (Lipinski definition) is 2. The minimum Gasteiger partial charge on any atom is -0.323 e. The van der Waals surface area contributed by atoms with Gasteiger partial charge in [-0.1, -0.05) is 54.1 Å². The first-order valence-corrected chi connectivity index (χ1v) is 5.28. The molecule has 0 amide bonds. The summed E-state index contributed by atoms with van der Waals surface area (Å²) in [5, 5.41) is 4.53. The summed E-state index contributed by atoms with van der Waals surface area (Å²) in [5.74, 6) is 5.43. The largest absolute Gasteiger partial charge is 0.323 e. The molecule has 80 valence electrons. The second-order valence-electron chi connectivity index (χ2n) is 3.35. The molecule has 16 heavy (non-hydrogen) atoms. The number of benzene rings is 2. The van der Waals surface area contributed by atoms with Crippen molar-refractivity contribution in [3.05, 3.63) is 70.7 Å². The summed E-state index contributed by atoms with van der Waals surface area (Å²) in [7, 11) is 0. The lowest BCUT2D eigenvalue weighted by molar-refractivity contribution is 1.24. The molecule has 0 fully saturated rings. The van der Waals surface area contributed by atoms with E-state index in [4.69, 9.17) is 17.4 Å². The van der Waals surface area contributed by atoms with Crippen molar-refractivity contribution in [3.8, 4) is 0 Å².